The van der Waals surface area contributed by atoms with Crippen molar-refractivity contribution in [2.45, 2.75) is 46.2 Å². The number of aryl methyl sites for hydroxylation is 1. The van der Waals surface area contributed by atoms with Crippen LogP contribution in [-0.4, -0.2) is 22.1 Å². The minimum absolute atomic E-state index is 0.0535. The maximum absolute atomic E-state index is 11.3. The van der Waals surface area contributed by atoms with Crippen LogP contribution in [-0.2, 0) is 17.9 Å². The third kappa shape index (κ3) is 4.67. The quantitative estimate of drug-likeness (QED) is 0.607. The number of nitrogens with one attached hydrogen (secondary N) is 1. The molecule has 0 aliphatic heterocycles. The molecule has 5 heteroatoms. The van der Waals surface area contributed by atoms with Crippen LogP contribution in [0.2, 0.25) is 0 Å². The Labute approximate surface area is 160 Å². The SMILES string of the molecule is CC(=O)NCc1nc2ccccc2n1CCCOc1ccccc1C(C)C. The molecule has 0 saturated heterocycles. The molecule has 0 atom stereocenters. The molecule has 1 aromatic heterocycles. The van der Waals surface area contributed by atoms with Gasteiger partial charge in [-0.25, -0.2) is 4.98 Å². The van der Waals surface area contributed by atoms with E-state index in [9.17, 15) is 4.79 Å². The Morgan fingerprint density at radius 2 is 1.89 bits per heavy atom. The minimum Gasteiger partial charge on any atom is -0.493 e. The molecule has 0 fully saturated rings. The maximum atomic E-state index is 11.3. The van der Waals surface area contributed by atoms with E-state index < -0.39 is 0 Å². The molecule has 2 aromatic carbocycles. The average Bonchev–Trinajstić information content (AvgIpc) is 3.01. The average molecular weight is 365 g/mol. The predicted octanol–water partition coefficient (Wildman–Crippen LogP) is 4.26. The molecule has 3 rings (SSSR count). The van der Waals surface area contributed by atoms with Gasteiger partial charge in [-0.15, -0.1) is 0 Å². The number of para-hydroxylation sites is 3. The first kappa shape index (κ1) is 19.0. The van der Waals surface area contributed by atoms with Gasteiger partial charge in [0.05, 0.1) is 24.2 Å². The van der Waals surface area contributed by atoms with E-state index in [0.29, 0.717) is 19.1 Å². The fourth-order valence-electron chi connectivity index (χ4n) is 3.21. The van der Waals surface area contributed by atoms with Crippen molar-refractivity contribution in [3.8, 4) is 5.75 Å². The summed E-state index contributed by atoms with van der Waals surface area (Å²) in [5.74, 6) is 2.21. The zero-order chi connectivity index (χ0) is 19.2. The van der Waals surface area contributed by atoms with Gasteiger partial charge < -0.3 is 14.6 Å². The summed E-state index contributed by atoms with van der Waals surface area (Å²) in [6.07, 6.45) is 0.861. The van der Waals surface area contributed by atoms with Gasteiger partial charge in [0.15, 0.2) is 0 Å². The number of aromatic nitrogens is 2. The molecule has 0 unspecified atom stereocenters. The number of benzene rings is 2. The Hall–Kier alpha value is -2.82. The van der Waals surface area contributed by atoms with Gasteiger partial charge in [-0.2, -0.15) is 0 Å². The van der Waals surface area contributed by atoms with Crippen molar-refractivity contribution in [3.63, 3.8) is 0 Å². The summed E-state index contributed by atoms with van der Waals surface area (Å²) >= 11 is 0. The topological polar surface area (TPSA) is 56.2 Å². The van der Waals surface area contributed by atoms with Gasteiger partial charge in [0.1, 0.15) is 11.6 Å². The first-order valence-electron chi connectivity index (χ1n) is 9.46. The Bertz CT molecular complexity index is 915. The van der Waals surface area contributed by atoms with Crippen LogP contribution in [0, 0.1) is 0 Å². The van der Waals surface area contributed by atoms with Gasteiger partial charge in [-0.1, -0.05) is 44.2 Å². The third-order valence-electron chi connectivity index (χ3n) is 4.55. The van der Waals surface area contributed by atoms with Crippen LogP contribution in [0.1, 0.15) is 44.5 Å². The van der Waals surface area contributed by atoms with Crippen molar-refractivity contribution in [2.24, 2.45) is 0 Å². The highest BCUT2D eigenvalue weighted by Crippen LogP contribution is 2.26. The molecule has 0 aliphatic rings. The number of hydrogen-bond acceptors (Lipinski definition) is 3. The van der Waals surface area contributed by atoms with Crippen LogP contribution in [0.4, 0.5) is 0 Å². The van der Waals surface area contributed by atoms with E-state index in [1.165, 1.54) is 12.5 Å². The van der Waals surface area contributed by atoms with Gasteiger partial charge in [-0.05, 0) is 36.1 Å². The van der Waals surface area contributed by atoms with Gasteiger partial charge in [0.25, 0.3) is 0 Å². The normalized spacial score (nSPS) is 11.1. The Kier molecular flexibility index (Phi) is 6.12. The van der Waals surface area contributed by atoms with Crippen molar-refractivity contribution < 1.29 is 9.53 Å². The zero-order valence-corrected chi connectivity index (χ0v) is 16.2. The van der Waals surface area contributed by atoms with Crippen LogP contribution in [0.5, 0.6) is 5.75 Å². The van der Waals surface area contributed by atoms with Crippen LogP contribution < -0.4 is 10.1 Å². The van der Waals surface area contributed by atoms with Crippen molar-refractivity contribution in [3.05, 3.63) is 59.9 Å². The number of fused-ring (bicyclic) bond motifs is 1. The van der Waals surface area contributed by atoms with E-state index in [0.717, 1.165) is 35.6 Å². The monoisotopic (exact) mass is 365 g/mol. The van der Waals surface area contributed by atoms with Crippen molar-refractivity contribution >= 4 is 16.9 Å². The number of imidazole rings is 1. The molecule has 0 spiro atoms. The van der Waals surface area contributed by atoms with Crippen LogP contribution in [0.3, 0.4) is 0 Å². The van der Waals surface area contributed by atoms with Crippen molar-refractivity contribution in [2.75, 3.05) is 6.61 Å². The summed E-state index contributed by atoms with van der Waals surface area (Å²) in [6, 6.07) is 16.3. The second kappa shape index (κ2) is 8.71. The number of amides is 1. The Morgan fingerprint density at radius 3 is 2.67 bits per heavy atom. The number of carbonyl (C=O) groups is 1. The second-order valence-electron chi connectivity index (χ2n) is 6.97. The number of hydrogen-bond donors (Lipinski definition) is 1. The number of nitrogens with zero attached hydrogens (tertiary/aromatic N) is 2. The third-order valence-corrected chi connectivity index (χ3v) is 4.55. The first-order valence-corrected chi connectivity index (χ1v) is 9.46. The van der Waals surface area contributed by atoms with E-state index in [4.69, 9.17) is 4.74 Å². The zero-order valence-electron chi connectivity index (χ0n) is 16.2. The van der Waals surface area contributed by atoms with Gasteiger partial charge in [0, 0.05) is 13.5 Å². The van der Waals surface area contributed by atoms with E-state index in [1.54, 1.807) is 0 Å². The number of ether oxygens (including phenoxy) is 1. The van der Waals surface area contributed by atoms with Crippen LogP contribution >= 0.6 is 0 Å². The highest BCUT2D eigenvalue weighted by atomic mass is 16.5. The Morgan fingerprint density at radius 1 is 1.15 bits per heavy atom. The fraction of sp³-hybridized carbons (Fsp3) is 0.364. The fourth-order valence-corrected chi connectivity index (χ4v) is 3.21. The minimum atomic E-state index is -0.0535. The molecular formula is C22H27N3O2. The molecule has 0 aliphatic carbocycles. The lowest BCUT2D eigenvalue weighted by molar-refractivity contribution is -0.119. The molecule has 1 N–H and O–H groups in total. The first-order chi connectivity index (χ1) is 13.1. The molecule has 0 radical (unpaired) electrons. The Balaban J connectivity index is 1.68. The van der Waals surface area contributed by atoms with Gasteiger partial charge in [-0.3, -0.25) is 4.79 Å². The lowest BCUT2D eigenvalue weighted by Crippen LogP contribution is -2.22. The smallest absolute Gasteiger partial charge is 0.217 e. The van der Waals surface area contributed by atoms with Crippen molar-refractivity contribution in [1.82, 2.24) is 14.9 Å². The molecular weight excluding hydrogens is 338 g/mol. The van der Waals surface area contributed by atoms with Gasteiger partial charge >= 0.3 is 0 Å². The maximum Gasteiger partial charge on any atom is 0.217 e. The molecule has 1 heterocycles. The van der Waals surface area contributed by atoms with E-state index >= 15 is 0 Å². The molecule has 142 valence electrons. The van der Waals surface area contributed by atoms with E-state index in [2.05, 4.69) is 40.8 Å². The highest BCUT2D eigenvalue weighted by molar-refractivity contribution is 5.76. The standard InChI is InChI=1S/C22H27N3O2/c1-16(2)18-9-4-7-12-21(18)27-14-8-13-25-20-11-6-5-10-19(20)24-22(25)15-23-17(3)26/h4-7,9-12,16H,8,13-15H2,1-3H3,(H,23,26). The van der Waals surface area contributed by atoms with Crippen LogP contribution in [0.25, 0.3) is 11.0 Å². The van der Waals surface area contributed by atoms with E-state index in [1.807, 2.05) is 36.4 Å². The van der Waals surface area contributed by atoms with Crippen LogP contribution in [0.15, 0.2) is 48.5 Å². The number of carbonyl (C=O) groups excluding carboxylic acids is 1. The molecule has 3 aromatic rings. The largest absolute Gasteiger partial charge is 0.493 e. The summed E-state index contributed by atoms with van der Waals surface area (Å²) in [7, 11) is 0. The van der Waals surface area contributed by atoms with Gasteiger partial charge in [0.2, 0.25) is 5.91 Å². The molecule has 0 saturated carbocycles. The highest BCUT2D eigenvalue weighted by Gasteiger charge is 2.11. The summed E-state index contributed by atoms with van der Waals surface area (Å²) in [5, 5.41) is 2.85. The molecule has 5 nitrogen and oxygen atoms in total. The molecule has 0 bridgehead atoms. The lowest BCUT2D eigenvalue weighted by Gasteiger charge is -2.14. The summed E-state index contributed by atoms with van der Waals surface area (Å²) < 4.78 is 8.21. The summed E-state index contributed by atoms with van der Waals surface area (Å²) in [5.41, 5.74) is 3.27. The number of rotatable bonds is 8. The van der Waals surface area contributed by atoms with E-state index in [-0.39, 0.29) is 5.91 Å². The summed E-state index contributed by atoms with van der Waals surface area (Å²) in [4.78, 5) is 15.9. The predicted molar refractivity (Wildman–Crippen MR) is 108 cm³/mol. The summed E-state index contributed by atoms with van der Waals surface area (Å²) in [6.45, 7) is 7.73. The molecule has 1 amide bonds. The molecule has 27 heavy (non-hydrogen) atoms. The van der Waals surface area contributed by atoms with Crippen molar-refractivity contribution in [1.29, 1.82) is 0 Å². The lowest BCUT2D eigenvalue weighted by atomic mass is 10.0. The second-order valence-corrected chi connectivity index (χ2v) is 6.97.